The fourth-order valence-corrected chi connectivity index (χ4v) is 4.75. The lowest BCUT2D eigenvalue weighted by Gasteiger charge is -2.10. The molecule has 0 spiro atoms. The zero-order valence-corrected chi connectivity index (χ0v) is 19.4. The first kappa shape index (κ1) is 23.0. The first-order valence-corrected chi connectivity index (χ1v) is 11.4. The number of ketones is 1. The van der Waals surface area contributed by atoms with Gasteiger partial charge in [0.05, 0.1) is 12.3 Å². The van der Waals surface area contributed by atoms with Gasteiger partial charge in [-0.15, -0.1) is 11.3 Å². The molecule has 1 fully saturated rings. The highest BCUT2D eigenvalue weighted by molar-refractivity contribution is 7.19. The number of rotatable bonds is 6. The van der Waals surface area contributed by atoms with Crippen molar-refractivity contribution in [3.8, 4) is 6.07 Å². The van der Waals surface area contributed by atoms with Crippen LogP contribution in [0.2, 0.25) is 0 Å². The zero-order valence-electron chi connectivity index (χ0n) is 18.6. The molecule has 9 heteroatoms. The van der Waals surface area contributed by atoms with E-state index in [1.54, 1.807) is 30.3 Å². The van der Waals surface area contributed by atoms with E-state index in [0.29, 0.717) is 39.7 Å². The van der Waals surface area contributed by atoms with Crippen LogP contribution in [0.15, 0.2) is 42.5 Å². The van der Waals surface area contributed by atoms with Gasteiger partial charge in [-0.2, -0.15) is 5.26 Å². The van der Waals surface area contributed by atoms with E-state index in [9.17, 15) is 19.6 Å². The number of ether oxygens (including phenoxy) is 1. The molecule has 1 aromatic heterocycles. The fraction of sp³-hybridized carbons (Fsp3) is 0.200. The summed E-state index contributed by atoms with van der Waals surface area (Å²) in [5.74, 6) is -1.05. The Bertz CT molecular complexity index is 1340. The zero-order chi connectivity index (χ0) is 24.4. The van der Waals surface area contributed by atoms with Gasteiger partial charge in [0.25, 0.3) is 5.91 Å². The average Bonchev–Trinajstić information content (AvgIpc) is 3.35. The maximum absolute atomic E-state index is 13.1. The second kappa shape index (κ2) is 9.37. The van der Waals surface area contributed by atoms with Crippen molar-refractivity contribution in [1.29, 1.82) is 5.26 Å². The molecule has 1 unspecified atom stereocenters. The predicted octanol–water partition coefficient (Wildman–Crippen LogP) is 3.84. The van der Waals surface area contributed by atoms with Crippen molar-refractivity contribution < 1.29 is 19.1 Å². The van der Waals surface area contributed by atoms with Gasteiger partial charge in [0, 0.05) is 23.2 Å². The van der Waals surface area contributed by atoms with Crippen LogP contribution in [0.4, 0.5) is 16.4 Å². The number of nitriles is 1. The molecule has 8 nitrogen and oxygen atoms in total. The maximum Gasteiger partial charge on any atom is 0.328 e. The number of carbonyl (C=O) groups excluding carboxylic acids is 3. The molecule has 1 aliphatic heterocycles. The third-order valence-electron chi connectivity index (χ3n) is 5.54. The molecule has 34 heavy (non-hydrogen) atoms. The molecule has 2 heterocycles. The van der Waals surface area contributed by atoms with E-state index in [-0.39, 0.29) is 22.9 Å². The topological polar surface area (TPSA) is 134 Å². The maximum atomic E-state index is 13.1. The second-order valence-electron chi connectivity index (χ2n) is 7.99. The van der Waals surface area contributed by atoms with Crippen LogP contribution in [0.1, 0.15) is 48.7 Å². The molecular weight excluding hydrogens is 452 g/mol. The molecule has 1 aliphatic rings. The smallest absolute Gasteiger partial charge is 0.328 e. The second-order valence-corrected chi connectivity index (χ2v) is 9.01. The van der Waals surface area contributed by atoms with Crippen LogP contribution in [0.5, 0.6) is 0 Å². The van der Waals surface area contributed by atoms with Crippen molar-refractivity contribution in [2.24, 2.45) is 0 Å². The van der Waals surface area contributed by atoms with Gasteiger partial charge in [-0.1, -0.05) is 23.8 Å². The van der Waals surface area contributed by atoms with Gasteiger partial charge in [-0.05, 0) is 43.7 Å². The number of nitrogens with two attached hydrogens (primary N) is 1. The van der Waals surface area contributed by atoms with E-state index in [0.717, 1.165) is 22.5 Å². The number of aryl methyl sites for hydroxylation is 2. The van der Waals surface area contributed by atoms with E-state index >= 15 is 0 Å². The number of benzene rings is 2. The fourth-order valence-electron chi connectivity index (χ4n) is 3.71. The Hall–Kier alpha value is -4.16. The summed E-state index contributed by atoms with van der Waals surface area (Å²) in [6.07, 6.45) is 0.449. The first-order valence-electron chi connectivity index (χ1n) is 10.6. The largest absolute Gasteiger partial charge is 0.464 e. The van der Waals surface area contributed by atoms with Crippen molar-refractivity contribution in [2.45, 2.75) is 26.3 Å². The Balaban J connectivity index is 1.54. The molecule has 0 saturated carbocycles. The monoisotopic (exact) mass is 474 g/mol. The summed E-state index contributed by atoms with van der Waals surface area (Å²) >= 11 is 1.11. The molecule has 0 bridgehead atoms. The summed E-state index contributed by atoms with van der Waals surface area (Å²) < 4.78 is 4.85. The predicted molar refractivity (Wildman–Crippen MR) is 129 cm³/mol. The Morgan fingerprint density at radius 2 is 1.91 bits per heavy atom. The molecule has 172 valence electrons. The summed E-state index contributed by atoms with van der Waals surface area (Å²) in [5.41, 5.74) is 9.92. The number of carbonyl (C=O) groups is 3. The van der Waals surface area contributed by atoms with Gasteiger partial charge in [0.2, 0.25) is 5.78 Å². The molecule has 1 amide bonds. The summed E-state index contributed by atoms with van der Waals surface area (Å²) in [6.45, 7) is 4.11. The molecule has 0 radical (unpaired) electrons. The summed E-state index contributed by atoms with van der Waals surface area (Å²) in [6, 6.07) is 13.5. The number of hydrogen-bond acceptors (Lipinski definition) is 8. The number of thiophene rings is 1. The summed E-state index contributed by atoms with van der Waals surface area (Å²) in [7, 11) is 0. The Kier molecular flexibility index (Phi) is 6.34. The highest BCUT2D eigenvalue weighted by Crippen LogP contribution is 2.38. The van der Waals surface area contributed by atoms with Crippen molar-refractivity contribution in [3.63, 3.8) is 0 Å². The average molecular weight is 475 g/mol. The van der Waals surface area contributed by atoms with E-state index in [2.05, 4.69) is 16.7 Å². The van der Waals surface area contributed by atoms with Crippen LogP contribution >= 0.6 is 11.3 Å². The van der Waals surface area contributed by atoms with Gasteiger partial charge in [0.1, 0.15) is 27.6 Å². The Labute approximate surface area is 200 Å². The van der Waals surface area contributed by atoms with E-state index in [1.165, 1.54) is 0 Å². The van der Waals surface area contributed by atoms with Crippen molar-refractivity contribution in [3.05, 3.63) is 75.2 Å². The third kappa shape index (κ3) is 4.49. The van der Waals surface area contributed by atoms with Crippen molar-refractivity contribution in [2.75, 3.05) is 17.7 Å². The van der Waals surface area contributed by atoms with Crippen LogP contribution in [0, 0.1) is 25.2 Å². The van der Waals surface area contributed by atoms with Gasteiger partial charge < -0.3 is 21.1 Å². The standard InChI is InChI=1S/C25H22N4O4S/c1-13-3-8-17(14(2)11-13)21(30)22-20(27)18(12-26)24(34-22)28-16-6-4-15(5-7-16)23(31)29-19-9-10-33-25(19)32/h3-8,11,19,28H,9-10,27H2,1-2H3,(H,29,31). The van der Waals surface area contributed by atoms with Crippen LogP contribution in [0.3, 0.4) is 0 Å². The molecule has 1 atom stereocenters. The normalized spacial score (nSPS) is 14.9. The minimum absolute atomic E-state index is 0.138. The van der Waals surface area contributed by atoms with Gasteiger partial charge in [-0.3, -0.25) is 9.59 Å². The minimum atomic E-state index is -0.634. The van der Waals surface area contributed by atoms with Crippen LogP contribution in [-0.4, -0.2) is 30.3 Å². The van der Waals surface area contributed by atoms with Gasteiger partial charge in [0.15, 0.2) is 0 Å². The van der Waals surface area contributed by atoms with Crippen molar-refractivity contribution >= 4 is 45.4 Å². The first-order chi connectivity index (χ1) is 16.3. The van der Waals surface area contributed by atoms with E-state index in [1.807, 2.05) is 26.0 Å². The Morgan fingerprint density at radius 1 is 1.18 bits per heavy atom. The van der Waals surface area contributed by atoms with Crippen LogP contribution in [0.25, 0.3) is 0 Å². The molecule has 0 aliphatic carbocycles. The molecule has 4 N–H and O–H groups in total. The van der Waals surface area contributed by atoms with Crippen LogP contribution < -0.4 is 16.4 Å². The number of amides is 1. The van der Waals surface area contributed by atoms with E-state index < -0.39 is 12.0 Å². The number of nitrogens with one attached hydrogen (secondary N) is 2. The lowest BCUT2D eigenvalue weighted by atomic mass is 10.0. The third-order valence-corrected chi connectivity index (χ3v) is 6.66. The highest BCUT2D eigenvalue weighted by atomic mass is 32.1. The van der Waals surface area contributed by atoms with Gasteiger partial charge in [-0.25, -0.2) is 4.79 Å². The lowest BCUT2D eigenvalue weighted by molar-refractivity contribution is -0.139. The number of esters is 1. The number of nitrogen functional groups attached to an aromatic ring is 1. The number of nitrogens with zero attached hydrogens (tertiary/aromatic N) is 1. The highest BCUT2D eigenvalue weighted by Gasteiger charge is 2.28. The summed E-state index contributed by atoms with van der Waals surface area (Å²) in [5, 5.41) is 15.9. The SMILES string of the molecule is Cc1ccc(C(=O)c2sc(Nc3ccc(C(=O)NC4CCOC4=O)cc3)c(C#N)c2N)c(C)c1. The molecule has 2 aromatic carbocycles. The molecule has 1 saturated heterocycles. The lowest BCUT2D eigenvalue weighted by Crippen LogP contribution is -2.37. The number of anilines is 3. The summed E-state index contributed by atoms with van der Waals surface area (Å²) in [4.78, 5) is 37.4. The molecular formula is C25H22N4O4S. The Morgan fingerprint density at radius 3 is 2.53 bits per heavy atom. The van der Waals surface area contributed by atoms with Crippen molar-refractivity contribution in [1.82, 2.24) is 5.32 Å². The van der Waals surface area contributed by atoms with Crippen LogP contribution in [-0.2, 0) is 9.53 Å². The van der Waals surface area contributed by atoms with E-state index in [4.69, 9.17) is 10.5 Å². The van der Waals surface area contributed by atoms with Gasteiger partial charge >= 0.3 is 5.97 Å². The molecule has 3 aromatic rings. The quantitative estimate of drug-likeness (QED) is 0.365. The number of hydrogen-bond donors (Lipinski definition) is 3. The minimum Gasteiger partial charge on any atom is -0.464 e. The number of cyclic esters (lactones) is 1. The molecule has 4 rings (SSSR count).